The molecule has 0 spiro atoms. The molecule has 6 nitrogen and oxygen atoms in total. The van der Waals surface area contributed by atoms with Crippen LogP contribution in [0.2, 0.25) is 0 Å². The standard InChI is InChI=1S/C76H52N6/c1-75(2)61-30-15-11-26-52(61)54-37-40-66-68(70(54)75)57-28-13-17-32-63(57)81(66)51-35-36-56(74-79-72(47-21-7-5-8-22-47)78-73(80-74)48-23-9-6-10-24-48)59(44-51)60-43-50(49-25-19-20-46(42-49)45-77)34-39-65(60)82-64-33-18-14-29-58(64)69-67(82)41-38-55-53-27-12-16-31-62(53)76(3,4)71(55)69/h5-44H,1-4H3. The fourth-order valence-electron chi connectivity index (χ4n) is 14.1. The lowest BCUT2D eigenvalue weighted by atomic mass is 9.80. The summed E-state index contributed by atoms with van der Waals surface area (Å²) in [5.74, 6) is 1.72. The van der Waals surface area contributed by atoms with E-state index in [9.17, 15) is 5.26 Å². The highest BCUT2D eigenvalue weighted by atomic mass is 15.0. The molecule has 0 aliphatic heterocycles. The van der Waals surface area contributed by atoms with E-state index in [-0.39, 0.29) is 10.8 Å². The number of nitrogens with zero attached hydrogens (tertiary/aromatic N) is 6. The maximum Gasteiger partial charge on any atom is 0.164 e. The molecule has 3 aromatic heterocycles. The Labute approximate surface area is 475 Å². The second-order valence-corrected chi connectivity index (χ2v) is 23.0. The molecule has 0 amide bonds. The monoisotopic (exact) mass is 1050 g/mol. The van der Waals surface area contributed by atoms with Crippen LogP contribution >= 0.6 is 0 Å². The summed E-state index contributed by atoms with van der Waals surface area (Å²) in [6, 6.07) is 89.3. The van der Waals surface area contributed by atoms with Crippen LogP contribution in [0.5, 0.6) is 0 Å². The molecule has 386 valence electrons. The smallest absolute Gasteiger partial charge is 0.164 e. The maximum absolute atomic E-state index is 10.3. The molecule has 0 fully saturated rings. The van der Waals surface area contributed by atoms with Crippen LogP contribution in [-0.2, 0) is 10.8 Å². The number of benzene rings is 11. The van der Waals surface area contributed by atoms with Crippen LogP contribution in [-0.4, -0.2) is 24.1 Å². The Morgan fingerprint density at radius 2 is 0.829 bits per heavy atom. The molecule has 0 atom stereocenters. The third-order valence-corrected chi connectivity index (χ3v) is 17.8. The first-order valence-corrected chi connectivity index (χ1v) is 28.2. The second kappa shape index (κ2) is 17.8. The van der Waals surface area contributed by atoms with Crippen molar-refractivity contribution in [3.05, 3.63) is 270 Å². The maximum atomic E-state index is 10.3. The predicted molar refractivity (Wildman–Crippen MR) is 336 cm³/mol. The molecule has 2 aliphatic rings. The number of nitriles is 1. The van der Waals surface area contributed by atoms with Gasteiger partial charge in [-0.2, -0.15) is 5.26 Å². The van der Waals surface area contributed by atoms with Gasteiger partial charge in [0.15, 0.2) is 17.5 Å². The molecule has 0 saturated carbocycles. The largest absolute Gasteiger partial charge is 0.309 e. The molecule has 0 bridgehead atoms. The van der Waals surface area contributed by atoms with Crippen LogP contribution in [0.1, 0.15) is 55.5 Å². The molecule has 82 heavy (non-hydrogen) atoms. The lowest BCUT2D eigenvalue weighted by molar-refractivity contribution is 0.666. The predicted octanol–water partition coefficient (Wildman–Crippen LogP) is 18.9. The van der Waals surface area contributed by atoms with Gasteiger partial charge >= 0.3 is 0 Å². The summed E-state index contributed by atoms with van der Waals surface area (Å²) >= 11 is 0. The van der Waals surface area contributed by atoms with Gasteiger partial charge in [-0.1, -0.05) is 204 Å². The summed E-state index contributed by atoms with van der Waals surface area (Å²) in [4.78, 5) is 16.1. The van der Waals surface area contributed by atoms with Crippen molar-refractivity contribution in [2.45, 2.75) is 38.5 Å². The fraction of sp³-hybridized carbons (Fsp3) is 0.0789. The number of hydrogen-bond donors (Lipinski definition) is 0. The number of rotatable bonds is 7. The van der Waals surface area contributed by atoms with Gasteiger partial charge in [0.2, 0.25) is 0 Å². The minimum Gasteiger partial charge on any atom is -0.309 e. The molecule has 11 aromatic carbocycles. The molecule has 2 aliphatic carbocycles. The molecule has 3 heterocycles. The van der Waals surface area contributed by atoms with Crippen molar-refractivity contribution in [2.24, 2.45) is 0 Å². The summed E-state index contributed by atoms with van der Waals surface area (Å²) < 4.78 is 4.94. The Morgan fingerprint density at radius 3 is 1.43 bits per heavy atom. The molecule has 0 saturated heterocycles. The van der Waals surface area contributed by atoms with E-state index in [4.69, 9.17) is 15.0 Å². The summed E-state index contributed by atoms with van der Waals surface area (Å²) in [5, 5.41) is 15.2. The topological polar surface area (TPSA) is 72.3 Å². The van der Waals surface area contributed by atoms with Crippen LogP contribution in [0.4, 0.5) is 0 Å². The molecule has 0 N–H and O–H groups in total. The van der Waals surface area contributed by atoms with Gasteiger partial charge < -0.3 is 9.13 Å². The van der Waals surface area contributed by atoms with Gasteiger partial charge in [0.25, 0.3) is 0 Å². The first kappa shape index (κ1) is 47.5. The minimum atomic E-state index is -0.258. The van der Waals surface area contributed by atoms with Crippen molar-refractivity contribution >= 4 is 43.6 Å². The lowest BCUT2D eigenvalue weighted by Gasteiger charge is -2.23. The van der Waals surface area contributed by atoms with Crippen molar-refractivity contribution in [3.63, 3.8) is 0 Å². The van der Waals surface area contributed by atoms with Crippen molar-refractivity contribution in [2.75, 3.05) is 0 Å². The molecule has 16 rings (SSSR count). The molecule has 14 aromatic rings. The Balaban J connectivity index is 1.03. The summed E-state index contributed by atoms with van der Waals surface area (Å²) in [6.07, 6.45) is 0. The number of para-hydroxylation sites is 2. The van der Waals surface area contributed by atoms with Gasteiger partial charge in [-0.25, -0.2) is 15.0 Å². The zero-order valence-electron chi connectivity index (χ0n) is 45.8. The lowest BCUT2D eigenvalue weighted by Crippen LogP contribution is -2.15. The first-order valence-electron chi connectivity index (χ1n) is 28.2. The van der Waals surface area contributed by atoms with Gasteiger partial charge in [-0.05, 0) is 128 Å². The molecular weight excluding hydrogens is 997 g/mol. The molecule has 0 radical (unpaired) electrons. The van der Waals surface area contributed by atoms with E-state index < -0.39 is 0 Å². The molecule has 6 heteroatoms. The van der Waals surface area contributed by atoms with Crippen LogP contribution in [0, 0.1) is 11.3 Å². The van der Waals surface area contributed by atoms with E-state index in [2.05, 4.69) is 231 Å². The van der Waals surface area contributed by atoms with Gasteiger partial charge in [-0.15, -0.1) is 0 Å². The van der Waals surface area contributed by atoms with Crippen molar-refractivity contribution in [3.8, 4) is 96.1 Å². The number of hydrogen-bond acceptors (Lipinski definition) is 4. The SMILES string of the molecule is CC1(C)c2ccccc2-c2ccc3c(c21)c1ccccc1n3-c1ccc(-c2nc(-c3ccccc3)nc(-c3ccccc3)n2)c(-c2cc(-c3cccc(C#N)c3)ccc2-n2c3ccccc3c3c4c(ccc32)-c2ccccc2C4(C)C)c1. The van der Waals surface area contributed by atoms with Gasteiger partial charge in [0, 0.05) is 60.3 Å². The molecule has 0 unspecified atom stereocenters. The van der Waals surface area contributed by atoms with Gasteiger partial charge in [-0.3, -0.25) is 0 Å². The normalized spacial score (nSPS) is 13.5. The average molecular weight is 1050 g/mol. The Kier molecular flexibility index (Phi) is 10.3. The minimum absolute atomic E-state index is 0.236. The zero-order valence-corrected chi connectivity index (χ0v) is 45.8. The van der Waals surface area contributed by atoms with E-state index in [0.717, 1.165) is 72.4 Å². The van der Waals surface area contributed by atoms with Crippen LogP contribution < -0.4 is 0 Å². The quantitative estimate of drug-likeness (QED) is 0.159. The Hall–Kier alpha value is -10.5. The fourth-order valence-corrected chi connectivity index (χ4v) is 14.1. The van der Waals surface area contributed by atoms with E-state index in [1.54, 1.807) is 0 Å². The van der Waals surface area contributed by atoms with Crippen molar-refractivity contribution in [1.82, 2.24) is 24.1 Å². The van der Waals surface area contributed by atoms with Crippen LogP contribution in [0.15, 0.2) is 243 Å². The third-order valence-electron chi connectivity index (χ3n) is 17.8. The Bertz CT molecular complexity index is 4990. The highest BCUT2D eigenvalue weighted by molar-refractivity contribution is 6.16. The average Bonchev–Trinajstić information content (AvgIpc) is 4.23. The highest BCUT2D eigenvalue weighted by Crippen LogP contribution is 2.56. The zero-order chi connectivity index (χ0) is 55.0. The van der Waals surface area contributed by atoms with Crippen molar-refractivity contribution < 1.29 is 0 Å². The van der Waals surface area contributed by atoms with E-state index in [1.165, 1.54) is 66.1 Å². The van der Waals surface area contributed by atoms with E-state index in [0.29, 0.717) is 23.0 Å². The number of aromatic nitrogens is 5. The first-order chi connectivity index (χ1) is 40.2. The summed E-state index contributed by atoms with van der Waals surface area (Å²) in [5.41, 5.74) is 23.6. The molecular formula is C76H52N6. The number of fused-ring (bicyclic) bond motifs is 14. The third kappa shape index (κ3) is 6.90. The van der Waals surface area contributed by atoms with E-state index >= 15 is 0 Å². The van der Waals surface area contributed by atoms with Gasteiger partial charge in [0.05, 0.1) is 39.4 Å². The van der Waals surface area contributed by atoms with Crippen LogP contribution in [0.25, 0.3) is 134 Å². The van der Waals surface area contributed by atoms with E-state index in [1.807, 2.05) is 54.6 Å². The Morgan fingerprint density at radius 1 is 0.341 bits per heavy atom. The summed E-state index contributed by atoms with van der Waals surface area (Å²) in [7, 11) is 0. The second-order valence-electron chi connectivity index (χ2n) is 23.0. The summed E-state index contributed by atoms with van der Waals surface area (Å²) in [6.45, 7) is 9.51. The van der Waals surface area contributed by atoms with Crippen molar-refractivity contribution in [1.29, 1.82) is 5.26 Å². The van der Waals surface area contributed by atoms with Gasteiger partial charge in [0.1, 0.15) is 0 Å². The van der Waals surface area contributed by atoms with Crippen LogP contribution in [0.3, 0.4) is 0 Å². The highest BCUT2D eigenvalue weighted by Gasteiger charge is 2.40.